The van der Waals surface area contributed by atoms with E-state index < -0.39 is 22.5 Å². The number of hydrogen-bond acceptors (Lipinski definition) is 10. The molecule has 38 heavy (non-hydrogen) atoms. The molecule has 0 spiro atoms. The Morgan fingerprint density at radius 2 is 2.08 bits per heavy atom. The second-order valence-corrected chi connectivity index (χ2v) is 12.5. The van der Waals surface area contributed by atoms with E-state index in [4.69, 9.17) is 20.5 Å². The van der Waals surface area contributed by atoms with Gasteiger partial charge in [-0.25, -0.2) is 9.97 Å². The number of ether oxygens (including phenoxy) is 1. The lowest BCUT2D eigenvalue weighted by molar-refractivity contribution is 0.0636. The average Bonchev–Trinajstić information content (AvgIpc) is 3.44. The van der Waals surface area contributed by atoms with Crippen LogP contribution in [0.1, 0.15) is 55.7 Å². The lowest BCUT2D eigenvalue weighted by atomic mass is 9.93. The Labute approximate surface area is 229 Å². The number of anilines is 1. The quantitative estimate of drug-likeness (QED) is 0.344. The van der Waals surface area contributed by atoms with E-state index in [2.05, 4.69) is 20.0 Å². The number of aryl methyl sites for hydroxylation is 1. The summed E-state index contributed by atoms with van der Waals surface area (Å²) in [5.41, 5.74) is 3.37. The highest BCUT2D eigenvalue weighted by Gasteiger charge is 2.37. The molecule has 1 aliphatic heterocycles. The van der Waals surface area contributed by atoms with Crippen molar-refractivity contribution in [2.24, 2.45) is 0 Å². The summed E-state index contributed by atoms with van der Waals surface area (Å²) in [6.07, 6.45) is 1.79. The highest BCUT2D eigenvalue weighted by Crippen LogP contribution is 2.39. The molecule has 1 saturated carbocycles. The van der Waals surface area contributed by atoms with E-state index >= 15 is 0 Å². The summed E-state index contributed by atoms with van der Waals surface area (Å²) in [7, 11) is -2.72. The summed E-state index contributed by atoms with van der Waals surface area (Å²) in [6.45, 7) is 2.53. The molecule has 3 N–H and O–H groups in total. The third-order valence-electron chi connectivity index (χ3n) is 6.78. The van der Waals surface area contributed by atoms with Gasteiger partial charge in [-0.3, -0.25) is 8.98 Å². The number of aliphatic hydroxyl groups excluding tert-OH is 1. The summed E-state index contributed by atoms with van der Waals surface area (Å²) in [6, 6.07) is 7.30. The highest BCUT2D eigenvalue weighted by atomic mass is 35.5. The molecule has 4 atom stereocenters. The summed E-state index contributed by atoms with van der Waals surface area (Å²) in [4.78, 5) is 23.4. The molecule has 1 unspecified atom stereocenters. The zero-order valence-corrected chi connectivity index (χ0v) is 23.1. The molecule has 0 radical (unpaired) electrons. The smallest absolute Gasteiger partial charge is 0.335 e. The second kappa shape index (κ2) is 11.0. The fourth-order valence-electron chi connectivity index (χ4n) is 4.89. The molecule has 10 nitrogen and oxygen atoms in total. The number of nitrogens with one attached hydrogen (secondary N) is 2. The highest BCUT2D eigenvalue weighted by molar-refractivity contribution is 7.84. The van der Waals surface area contributed by atoms with Gasteiger partial charge in [0, 0.05) is 29.2 Å². The van der Waals surface area contributed by atoms with Gasteiger partial charge in [-0.1, -0.05) is 17.7 Å². The molecule has 1 aliphatic carbocycles. The first-order valence-electron chi connectivity index (χ1n) is 12.1. The van der Waals surface area contributed by atoms with Gasteiger partial charge in [-0.2, -0.15) is 13.1 Å². The molecule has 1 aromatic carbocycles. The minimum atomic E-state index is -3.96. The van der Waals surface area contributed by atoms with E-state index in [1.54, 1.807) is 0 Å². The Morgan fingerprint density at radius 3 is 2.87 bits per heavy atom. The van der Waals surface area contributed by atoms with Crippen molar-refractivity contribution in [3.8, 4) is 0 Å². The summed E-state index contributed by atoms with van der Waals surface area (Å²) in [5, 5.41) is 14.1. The molecule has 1 fully saturated rings. The van der Waals surface area contributed by atoms with E-state index in [9.17, 15) is 18.3 Å². The molecule has 3 aromatic rings. The number of nitrogens with zero attached hydrogens (tertiary/aromatic N) is 2. The van der Waals surface area contributed by atoms with Gasteiger partial charge in [-0.15, -0.1) is 11.3 Å². The number of carbonyl (C=O) groups is 1. The number of rotatable bonds is 8. The molecule has 2 aromatic heterocycles. The lowest BCUT2D eigenvalue weighted by Gasteiger charge is -2.26. The maximum Gasteiger partial charge on any atom is 0.335 e. The molecular weight excluding hydrogens is 552 g/mol. The van der Waals surface area contributed by atoms with Crippen LogP contribution in [-0.4, -0.2) is 61.2 Å². The Balaban J connectivity index is 1.37. The van der Waals surface area contributed by atoms with Crippen molar-refractivity contribution in [1.29, 1.82) is 0 Å². The Morgan fingerprint density at radius 1 is 1.26 bits per heavy atom. The van der Waals surface area contributed by atoms with E-state index in [0.717, 1.165) is 22.4 Å². The third kappa shape index (κ3) is 5.62. The first kappa shape index (κ1) is 27.1. The summed E-state index contributed by atoms with van der Waals surface area (Å²) < 4.78 is 36.7. The van der Waals surface area contributed by atoms with Gasteiger partial charge in [0.15, 0.2) is 0 Å². The number of ketones is 1. The lowest BCUT2D eigenvalue weighted by Crippen LogP contribution is -2.31. The van der Waals surface area contributed by atoms with E-state index in [1.165, 1.54) is 36.5 Å². The van der Waals surface area contributed by atoms with Crippen molar-refractivity contribution in [3.05, 3.63) is 73.8 Å². The van der Waals surface area contributed by atoms with Crippen molar-refractivity contribution >= 4 is 44.8 Å². The number of hydrogen-bond donors (Lipinski definition) is 3. The number of aromatic nitrogens is 2. The summed E-state index contributed by atoms with van der Waals surface area (Å²) >= 11 is 7.64. The number of carbonyl (C=O) groups excluding carboxylic acids is 1. The maximum absolute atomic E-state index is 13.6. The van der Waals surface area contributed by atoms with Crippen LogP contribution in [0.4, 0.5) is 5.82 Å². The van der Waals surface area contributed by atoms with Crippen LogP contribution in [0.5, 0.6) is 0 Å². The van der Waals surface area contributed by atoms with Crippen molar-refractivity contribution in [2.45, 2.75) is 50.5 Å². The number of fused-ring (bicyclic) bond motifs is 1. The largest absolute Gasteiger partial charge is 0.390 e. The first-order chi connectivity index (χ1) is 18.1. The zero-order valence-electron chi connectivity index (χ0n) is 20.7. The SMILES string of the molecule is CNS(=O)(=O)O[C@@H]1C[C@H](Nc2ncncc2C(=O)c2cc(C3OCCc4ccc(Cl)cc43)c(C)s2)C[C@@H]1O. The van der Waals surface area contributed by atoms with Gasteiger partial charge in [-0.05, 0) is 61.1 Å². The fourth-order valence-corrected chi connectivity index (χ4v) is 6.70. The molecular formula is C25H27ClN4O6S2. The number of thiophene rings is 1. The second-order valence-electron chi connectivity index (χ2n) is 9.25. The molecule has 3 heterocycles. The van der Waals surface area contributed by atoms with E-state index in [0.29, 0.717) is 22.3 Å². The van der Waals surface area contributed by atoms with Gasteiger partial charge in [0.25, 0.3) is 0 Å². The topological polar surface area (TPSA) is 140 Å². The molecule has 13 heteroatoms. The first-order valence-corrected chi connectivity index (χ1v) is 14.7. The van der Waals surface area contributed by atoms with Crippen LogP contribution in [0, 0.1) is 6.92 Å². The molecule has 5 rings (SSSR count). The van der Waals surface area contributed by atoms with Crippen LogP contribution in [-0.2, 0) is 25.6 Å². The predicted molar refractivity (Wildman–Crippen MR) is 143 cm³/mol. The molecule has 0 amide bonds. The number of halogens is 1. The normalized spacial score (nSPS) is 23.3. The summed E-state index contributed by atoms with van der Waals surface area (Å²) in [5.74, 6) is 0.0525. The average molecular weight is 579 g/mol. The van der Waals surface area contributed by atoms with Crippen LogP contribution in [0.2, 0.25) is 5.02 Å². The van der Waals surface area contributed by atoms with Crippen LogP contribution in [0.3, 0.4) is 0 Å². The van der Waals surface area contributed by atoms with Crippen molar-refractivity contribution in [1.82, 2.24) is 14.7 Å². The molecule has 202 valence electrons. The number of aliphatic hydroxyl groups is 1. The van der Waals surface area contributed by atoms with Gasteiger partial charge in [0.1, 0.15) is 24.4 Å². The fraction of sp³-hybridized carbons (Fsp3) is 0.400. The maximum atomic E-state index is 13.6. The Kier molecular flexibility index (Phi) is 7.83. The van der Waals surface area contributed by atoms with E-state index in [-0.39, 0.29) is 36.3 Å². The minimum Gasteiger partial charge on any atom is -0.390 e. The van der Waals surface area contributed by atoms with Crippen molar-refractivity contribution in [3.63, 3.8) is 0 Å². The Hall–Kier alpha value is -2.45. The molecule has 2 aliphatic rings. The van der Waals surface area contributed by atoms with Gasteiger partial charge >= 0.3 is 10.3 Å². The van der Waals surface area contributed by atoms with Gasteiger partial charge in [0.2, 0.25) is 5.78 Å². The molecule has 0 saturated heterocycles. The Bertz CT molecular complexity index is 1460. The van der Waals surface area contributed by atoms with Crippen LogP contribution < -0.4 is 10.0 Å². The predicted octanol–water partition coefficient (Wildman–Crippen LogP) is 3.18. The van der Waals surface area contributed by atoms with Crippen molar-refractivity contribution < 1.29 is 27.2 Å². The van der Waals surface area contributed by atoms with E-state index in [1.807, 2.05) is 31.2 Å². The van der Waals surface area contributed by atoms with Crippen LogP contribution >= 0.6 is 22.9 Å². The molecule has 0 bridgehead atoms. The number of benzene rings is 1. The zero-order chi connectivity index (χ0) is 27.0. The van der Waals surface area contributed by atoms with Gasteiger partial charge < -0.3 is 15.2 Å². The third-order valence-corrected chi connectivity index (χ3v) is 9.08. The minimum absolute atomic E-state index is 0.211. The van der Waals surface area contributed by atoms with Crippen molar-refractivity contribution in [2.75, 3.05) is 19.0 Å². The monoisotopic (exact) mass is 578 g/mol. The van der Waals surface area contributed by atoms with Crippen LogP contribution in [0.15, 0.2) is 36.8 Å². The van der Waals surface area contributed by atoms with Crippen LogP contribution in [0.25, 0.3) is 0 Å². The van der Waals surface area contributed by atoms with Gasteiger partial charge in [0.05, 0.1) is 23.2 Å². The standard InChI is InChI=1S/C25H27ClN4O6S2/c1-13-17(24-18-7-15(26)4-3-14(18)5-6-35-24)10-22(37-13)23(32)19-11-28-12-29-25(19)30-16-8-20(31)21(9-16)36-38(33,34)27-2/h3-4,7,10-12,16,20-21,24,27,31H,5-6,8-9H2,1-2H3,(H,28,29,30)/t16-,20+,21-,24?/m1/s1.